The van der Waals surface area contributed by atoms with Crippen LogP contribution in [0.1, 0.15) is 24.0 Å². The Morgan fingerprint density at radius 1 is 1.11 bits per heavy atom. The zero-order valence-corrected chi connectivity index (χ0v) is 17.8. The van der Waals surface area contributed by atoms with Crippen molar-refractivity contribution in [1.82, 2.24) is 4.31 Å². The van der Waals surface area contributed by atoms with Gasteiger partial charge in [0.2, 0.25) is 15.9 Å². The van der Waals surface area contributed by atoms with E-state index in [9.17, 15) is 13.2 Å². The van der Waals surface area contributed by atoms with Crippen molar-refractivity contribution in [3.05, 3.63) is 58.1 Å². The van der Waals surface area contributed by atoms with Gasteiger partial charge in [-0.15, -0.1) is 0 Å². The highest BCUT2D eigenvalue weighted by molar-refractivity contribution is 9.10. The number of amides is 1. The molecule has 1 heterocycles. The molecule has 1 fully saturated rings. The van der Waals surface area contributed by atoms with Crippen LogP contribution in [0.4, 0.5) is 5.69 Å². The van der Waals surface area contributed by atoms with Gasteiger partial charge in [0.05, 0.1) is 4.90 Å². The van der Waals surface area contributed by atoms with E-state index in [2.05, 4.69) is 21.2 Å². The van der Waals surface area contributed by atoms with Crippen molar-refractivity contribution in [2.24, 2.45) is 5.92 Å². The van der Waals surface area contributed by atoms with Crippen LogP contribution in [0.3, 0.4) is 0 Å². The number of piperidine rings is 1. The van der Waals surface area contributed by atoms with E-state index in [0.29, 0.717) is 30.8 Å². The van der Waals surface area contributed by atoms with Gasteiger partial charge in [-0.2, -0.15) is 4.31 Å². The summed E-state index contributed by atoms with van der Waals surface area (Å²) in [6, 6.07) is 12.9. The second kappa shape index (κ2) is 8.12. The maximum atomic E-state index is 13.0. The first-order valence-electron chi connectivity index (χ1n) is 8.91. The van der Waals surface area contributed by atoms with Crippen LogP contribution in [-0.4, -0.2) is 31.7 Å². The Bertz CT molecular complexity index is 951. The topological polar surface area (TPSA) is 66.5 Å². The minimum atomic E-state index is -3.53. The summed E-state index contributed by atoms with van der Waals surface area (Å²) in [5.41, 5.74) is 2.40. The fourth-order valence-electron chi connectivity index (χ4n) is 3.29. The van der Waals surface area contributed by atoms with E-state index in [-0.39, 0.29) is 11.8 Å². The first kappa shape index (κ1) is 20.0. The third kappa shape index (κ3) is 4.59. The highest BCUT2D eigenvalue weighted by atomic mass is 79.9. The third-order valence-corrected chi connectivity index (χ3v) is 7.41. The fourth-order valence-corrected chi connectivity index (χ4v) is 5.47. The molecule has 1 aliphatic heterocycles. The number of nitrogens with one attached hydrogen (secondary N) is 1. The third-order valence-electron chi connectivity index (χ3n) is 4.88. The average molecular weight is 451 g/mol. The number of halogens is 1. The Hall–Kier alpha value is -1.70. The molecule has 2 aromatic carbocycles. The first-order valence-corrected chi connectivity index (χ1v) is 11.1. The molecule has 0 spiro atoms. The summed E-state index contributed by atoms with van der Waals surface area (Å²) in [6.07, 6.45) is 1.04. The number of anilines is 1. The van der Waals surface area contributed by atoms with Gasteiger partial charge in [-0.05, 0) is 62.1 Å². The number of sulfonamides is 1. The molecule has 1 aliphatic rings. The van der Waals surface area contributed by atoms with Crippen LogP contribution in [0, 0.1) is 19.8 Å². The second-order valence-electron chi connectivity index (χ2n) is 6.95. The second-order valence-corrected chi connectivity index (χ2v) is 9.77. The molecule has 0 aromatic heterocycles. The largest absolute Gasteiger partial charge is 0.326 e. The maximum absolute atomic E-state index is 13.0. The van der Waals surface area contributed by atoms with E-state index in [1.165, 1.54) is 4.31 Å². The van der Waals surface area contributed by atoms with Gasteiger partial charge in [0.15, 0.2) is 0 Å². The highest BCUT2D eigenvalue weighted by Crippen LogP contribution is 2.27. The zero-order valence-electron chi connectivity index (χ0n) is 15.4. The Morgan fingerprint density at radius 3 is 2.48 bits per heavy atom. The summed E-state index contributed by atoms with van der Waals surface area (Å²) in [5.74, 6) is -0.245. The number of hydrogen-bond donors (Lipinski definition) is 1. The van der Waals surface area contributed by atoms with E-state index >= 15 is 0 Å². The van der Waals surface area contributed by atoms with Crippen molar-refractivity contribution in [1.29, 1.82) is 0 Å². The Kier molecular flexibility index (Phi) is 6.03. The van der Waals surface area contributed by atoms with Crippen molar-refractivity contribution < 1.29 is 13.2 Å². The van der Waals surface area contributed by atoms with E-state index in [0.717, 1.165) is 21.3 Å². The van der Waals surface area contributed by atoms with Crippen molar-refractivity contribution in [2.45, 2.75) is 31.6 Å². The molecule has 1 amide bonds. The van der Waals surface area contributed by atoms with Gasteiger partial charge in [0.25, 0.3) is 0 Å². The lowest BCUT2D eigenvalue weighted by Gasteiger charge is -2.31. The molecular weight excluding hydrogens is 428 g/mol. The van der Waals surface area contributed by atoms with Gasteiger partial charge >= 0.3 is 0 Å². The van der Waals surface area contributed by atoms with Crippen LogP contribution in [0.25, 0.3) is 0 Å². The van der Waals surface area contributed by atoms with Gasteiger partial charge in [-0.1, -0.05) is 34.1 Å². The Labute approximate surface area is 169 Å². The van der Waals surface area contributed by atoms with Crippen molar-refractivity contribution in [2.75, 3.05) is 18.4 Å². The lowest BCUT2D eigenvalue weighted by atomic mass is 9.97. The Balaban J connectivity index is 1.66. The minimum absolute atomic E-state index is 0.0584. The minimum Gasteiger partial charge on any atom is -0.326 e. The SMILES string of the molecule is Cc1ccc(C)c(S(=O)(=O)N2CCC(C(=O)Nc3cccc(Br)c3)CC2)c1. The summed E-state index contributed by atoms with van der Waals surface area (Å²) in [5, 5.41) is 2.92. The van der Waals surface area contributed by atoms with Crippen LogP contribution < -0.4 is 5.32 Å². The van der Waals surface area contributed by atoms with E-state index in [4.69, 9.17) is 0 Å². The van der Waals surface area contributed by atoms with Gasteiger partial charge in [0, 0.05) is 29.2 Å². The smallest absolute Gasteiger partial charge is 0.243 e. The first-order chi connectivity index (χ1) is 12.8. The molecule has 1 N–H and O–H groups in total. The molecule has 3 rings (SSSR count). The van der Waals surface area contributed by atoms with E-state index in [1.807, 2.05) is 50.2 Å². The quantitative estimate of drug-likeness (QED) is 0.761. The molecule has 0 unspecified atom stereocenters. The van der Waals surface area contributed by atoms with Crippen LogP contribution in [0.15, 0.2) is 51.8 Å². The predicted molar refractivity (Wildman–Crippen MR) is 110 cm³/mol. The number of carbonyl (C=O) groups excluding carboxylic acids is 1. The molecule has 1 saturated heterocycles. The molecule has 0 saturated carbocycles. The number of aryl methyl sites for hydroxylation is 2. The van der Waals surface area contributed by atoms with Crippen LogP contribution in [-0.2, 0) is 14.8 Å². The van der Waals surface area contributed by atoms with Crippen molar-refractivity contribution >= 4 is 37.5 Å². The number of hydrogen-bond acceptors (Lipinski definition) is 3. The van der Waals surface area contributed by atoms with Crippen LogP contribution in [0.5, 0.6) is 0 Å². The lowest BCUT2D eigenvalue weighted by Crippen LogP contribution is -2.41. The van der Waals surface area contributed by atoms with E-state index in [1.54, 1.807) is 6.07 Å². The molecule has 7 heteroatoms. The number of nitrogens with zero attached hydrogens (tertiary/aromatic N) is 1. The fraction of sp³-hybridized carbons (Fsp3) is 0.350. The normalized spacial score (nSPS) is 16.3. The summed E-state index contributed by atoms with van der Waals surface area (Å²) in [6.45, 7) is 4.40. The molecule has 0 atom stereocenters. The monoisotopic (exact) mass is 450 g/mol. The summed E-state index contributed by atoms with van der Waals surface area (Å²) < 4.78 is 28.4. The number of rotatable bonds is 4. The van der Waals surface area contributed by atoms with Crippen molar-refractivity contribution in [3.63, 3.8) is 0 Å². The van der Waals surface area contributed by atoms with Gasteiger partial charge < -0.3 is 5.32 Å². The van der Waals surface area contributed by atoms with Gasteiger partial charge in [-0.3, -0.25) is 4.79 Å². The predicted octanol–water partition coefficient (Wildman–Crippen LogP) is 4.11. The van der Waals surface area contributed by atoms with Crippen LogP contribution in [0.2, 0.25) is 0 Å². The number of benzene rings is 2. The molecule has 27 heavy (non-hydrogen) atoms. The summed E-state index contributed by atoms with van der Waals surface area (Å²) >= 11 is 3.39. The summed E-state index contributed by atoms with van der Waals surface area (Å²) in [7, 11) is -3.53. The standard InChI is InChI=1S/C20H23BrN2O3S/c1-14-6-7-15(2)19(12-14)27(25,26)23-10-8-16(9-11-23)20(24)22-18-5-3-4-17(21)13-18/h3-7,12-13,16H,8-11H2,1-2H3,(H,22,24). The summed E-state index contributed by atoms with van der Waals surface area (Å²) in [4.78, 5) is 12.9. The van der Waals surface area contributed by atoms with Crippen molar-refractivity contribution in [3.8, 4) is 0 Å². The molecule has 0 bridgehead atoms. The number of carbonyl (C=O) groups is 1. The molecule has 2 aromatic rings. The highest BCUT2D eigenvalue weighted by Gasteiger charge is 2.32. The van der Waals surface area contributed by atoms with Gasteiger partial charge in [0.1, 0.15) is 0 Å². The molecule has 144 valence electrons. The van der Waals surface area contributed by atoms with E-state index < -0.39 is 10.0 Å². The molecule has 0 radical (unpaired) electrons. The van der Waals surface area contributed by atoms with Crippen LogP contribution >= 0.6 is 15.9 Å². The van der Waals surface area contributed by atoms with Gasteiger partial charge in [-0.25, -0.2) is 8.42 Å². The maximum Gasteiger partial charge on any atom is 0.243 e. The zero-order chi connectivity index (χ0) is 19.6. The molecule has 5 nitrogen and oxygen atoms in total. The average Bonchev–Trinajstić information content (AvgIpc) is 2.63. The lowest BCUT2D eigenvalue weighted by molar-refractivity contribution is -0.120. The molecule has 0 aliphatic carbocycles. The Morgan fingerprint density at radius 2 is 1.81 bits per heavy atom. The molecular formula is C20H23BrN2O3S.